The smallest absolute Gasteiger partial charge is 0.264 e. The number of amides is 2. The first-order valence-corrected chi connectivity index (χ1v) is 8.40. The van der Waals surface area contributed by atoms with E-state index >= 15 is 0 Å². The second-order valence-electron chi connectivity index (χ2n) is 5.44. The normalized spacial score (nSPS) is 17.3. The third-order valence-electron chi connectivity index (χ3n) is 3.96. The summed E-state index contributed by atoms with van der Waals surface area (Å²) in [5.41, 5.74) is 0.440. The summed E-state index contributed by atoms with van der Waals surface area (Å²) in [7, 11) is 0. The number of carbonyl (C=O) groups excluding carboxylic acids is 2. The first kappa shape index (κ1) is 15.7. The molecule has 120 valence electrons. The SMILES string of the molecule is O=C(NCc1ccccc1F)[C@H]1CCCN1C(=O)c1cccs1. The Bertz CT molecular complexity index is 702. The fourth-order valence-electron chi connectivity index (χ4n) is 2.77. The third-order valence-corrected chi connectivity index (χ3v) is 4.82. The molecule has 2 aromatic rings. The zero-order chi connectivity index (χ0) is 16.2. The molecule has 1 aromatic heterocycles. The summed E-state index contributed by atoms with van der Waals surface area (Å²) < 4.78 is 13.6. The van der Waals surface area contributed by atoms with E-state index in [1.54, 1.807) is 29.2 Å². The molecule has 0 spiro atoms. The summed E-state index contributed by atoms with van der Waals surface area (Å²) in [6.07, 6.45) is 1.44. The first-order valence-electron chi connectivity index (χ1n) is 7.52. The van der Waals surface area contributed by atoms with Crippen molar-refractivity contribution in [1.29, 1.82) is 0 Å². The van der Waals surface area contributed by atoms with Gasteiger partial charge in [0.1, 0.15) is 11.9 Å². The van der Waals surface area contributed by atoms with E-state index in [2.05, 4.69) is 5.32 Å². The van der Waals surface area contributed by atoms with Gasteiger partial charge in [0.15, 0.2) is 0 Å². The molecule has 2 heterocycles. The summed E-state index contributed by atoms with van der Waals surface area (Å²) >= 11 is 1.37. The summed E-state index contributed by atoms with van der Waals surface area (Å²) in [6.45, 7) is 0.706. The lowest BCUT2D eigenvalue weighted by molar-refractivity contribution is -0.125. The fraction of sp³-hybridized carbons (Fsp3) is 0.294. The standard InChI is InChI=1S/C17H17FN2O2S/c18-13-6-2-1-5-12(13)11-19-16(21)14-7-3-9-20(14)17(22)15-8-4-10-23-15/h1-2,4-6,8,10,14H,3,7,9,11H2,(H,19,21)/t14-/m1/s1. The molecule has 1 aromatic carbocycles. The van der Waals surface area contributed by atoms with E-state index in [-0.39, 0.29) is 24.2 Å². The van der Waals surface area contributed by atoms with Gasteiger partial charge in [-0.1, -0.05) is 24.3 Å². The van der Waals surface area contributed by atoms with Crippen LogP contribution in [0.15, 0.2) is 41.8 Å². The highest BCUT2D eigenvalue weighted by Gasteiger charge is 2.34. The van der Waals surface area contributed by atoms with Crippen LogP contribution in [-0.2, 0) is 11.3 Å². The van der Waals surface area contributed by atoms with Crippen LogP contribution in [0.5, 0.6) is 0 Å². The molecule has 0 unspecified atom stereocenters. The lowest BCUT2D eigenvalue weighted by Crippen LogP contribution is -2.45. The maximum absolute atomic E-state index is 13.6. The van der Waals surface area contributed by atoms with Crippen molar-refractivity contribution in [3.63, 3.8) is 0 Å². The van der Waals surface area contributed by atoms with Gasteiger partial charge >= 0.3 is 0 Å². The molecule has 1 N–H and O–H groups in total. The first-order chi connectivity index (χ1) is 11.2. The van der Waals surface area contributed by atoms with E-state index in [1.165, 1.54) is 17.4 Å². The van der Waals surface area contributed by atoms with Crippen LogP contribution in [0.25, 0.3) is 0 Å². The van der Waals surface area contributed by atoms with Gasteiger partial charge in [-0.25, -0.2) is 4.39 Å². The van der Waals surface area contributed by atoms with Crippen molar-refractivity contribution in [2.24, 2.45) is 0 Å². The molecule has 23 heavy (non-hydrogen) atoms. The number of nitrogens with zero attached hydrogens (tertiary/aromatic N) is 1. The molecule has 1 fully saturated rings. The van der Waals surface area contributed by atoms with E-state index in [4.69, 9.17) is 0 Å². The zero-order valence-corrected chi connectivity index (χ0v) is 13.3. The van der Waals surface area contributed by atoms with Crippen LogP contribution >= 0.6 is 11.3 Å². The molecular weight excluding hydrogens is 315 g/mol. The molecule has 1 saturated heterocycles. The van der Waals surface area contributed by atoms with E-state index < -0.39 is 6.04 Å². The summed E-state index contributed by atoms with van der Waals surface area (Å²) in [6, 6.07) is 9.45. The Morgan fingerprint density at radius 1 is 1.26 bits per heavy atom. The number of halogens is 1. The monoisotopic (exact) mass is 332 g/mol. The van der Waals surface area contributed by atoms with Crippen molar-refractivity contribution < 1.29 is 14.0 Å². The van der Waals surface area contributed by atoms with Gasteiger partial charge < -0.3 is 10.2 Å². The predicted molar refractivity (Wildman–Crippen MR) is 86.6 cm³/mol. The van der Waals surface area contributed by atoms with Crippen LogP contribution in [-0.4, -0.2) is 29.3 Å². The highest BCUT2D eigenvalue weighted by atomic mass is 32.1. The van der Waals surface area contributed by atoms with Gasteiger partial charge in [-0.15, -0.1) is 11.3 Å². The Morgan fingerprint density at radius 3 is 2.83 bits per heavy atom. The highest BCUT2D eigenvalue weighted by molar-refractivity contribution is 7.12. The molecule has 0 saturated carbocycles. The molecule has 1 aliphatic rings. The van der Waals surface area contributed by atoms with E-state index in [9.17, 15) is 14.0 Å². The number of hydrogen-bond acceptors (Lipinski definition) is 3. The quantitative estimate of drug-likeness (QED) is 0.936. The van der Waals surface area contributed by atoms with Gasteiger partial charge in [0.05, 0.1) is 4.88 Å². The highest BCUT2D eigenvalue weighted by Crippen LogP contribution is 2.22. The number of hydrogen-bond donors (Lipinski definition) is 1. The van der Waals surface area contributed by atoms with Crippen molar-refractivity contribution in [3.05, 3.63) is 58.0 Å². The molecule has 2 amide bonds. The average Bonchev–Trinajstić information content (AvgIpc) is 3.24. The molecule has 0 aliphatic carbocycles. The van der Waals surface area contributed by atoms with Crippen LogP contribution in [0.3, 0.4) is 0 Å². The van der Waals surface area contributed by atoms with E-state index in [0.29, 0.717) is 23.4 Å². The van der Waals surface area contributed by atoms with Crippen molar-refractivity contribution in [1.82, 2.24) is 10.2 Å². The minimum absolute atomic E-state index is 0.108. The van der Waals surface area contributed by atoms with Crippen molar-refractivity contribution in [2.45, 2.75) is 25.4 Å². The largest absolute Gasteiger partial charge is 0.350 e. The van der Waals surface area contributed by atoms with E-state index in [0.717, 1.165) is 6.42 Å². The molecule has 6 heteroatoms. The van der Waals surface area contributed by atoms with Gasteiger partial charge in [-0.3, -0.25) is 9.59 Å². The Balaban J connectivity index is 1.64. The number of likely N-dealkylation sites (tertiary alicyclic amines) is 1. The molecule has 0 bridgehead atoms. The van der Waals surface area contributed by atoms with Gasteiger partial charge in [-0.2, -0.15) is 0 Å². The Morgan fingerprint density at radius 2 is 2.09 bits per heavy atom. The number of benzene rings is 1. The third kappa shape index (κ3) is 3.42. The Kier molecular flexibility index (Phi) is 4.71. The summed E-state index contributed by atoms with van der Waals surface area (Å²) in [4.78, 5) is 27.1. The predicted octanol–water partition coefficient (Wildman–Crippen LogP) is 2.81. The van der Waals surface area contributed by atoms with Gasteiger partial charge in [0.25, 0.3) is 5.91 Å². The number of carbonyl (C=O) groups is 2. The maximum Gasteiger partial charge on any atom is 0.264 e. The second-order valence-corrected chi connectivity index (χ2v) is 6.39. The van der Waals surface area contributed by atoms with Gasteiger partial charge in [0, 0.05) is 18.7 Å². The van der Waals surface area contributed by atoms with E-state index in [1.807, 2.05) is 11.4 Å². The van der Waals surface area contributed by atoms with Gasteiger partial charge in [-0.05, 0) is 30.4 Å². The van der Waals surface area contributed by atoms with Crippen LogP contribution < -0.4 is 5.32 Å². The lowest BCUT2D eigenvalue weighted by atomic mass is 10.1. The average molecular weight is 332 g/mol. The van der Waals surface area contributed by atoms with Crippen LogP contribution in [0.1, 0.15) is 28.1 Å². The van der Waals surface area contributed by atoms with Crippen LogP contribution in [0.2, 0.25) is 0 Å². The Labute approximate surface area is 137 Å². The second kappa shape index (κ2) is 6.91. The van der Waals surface area contributed by atoms with Crippen molar-refractivity contribution >= 4 is 23.2 Å². The minimum Gasteiger partial charge on any atom is -0.350 e. The Hall–Kier alpha value is -2.21. The molecule has 1 aliphatic heterocycles. The lowest BCUT2D eigenvalue weighted by Gasteiger charge is -2.23. The topological polar surface area (TPSA) is 49.4 Å². The molecule has 3 rings (SSSR count). The molecule has 4 nitrogen and oxygen atoms in total. The fourth-order valence-corrected chi connectivity index (χ4v) is 3.45. The molecule has 1 atom stereocenters. The van der Waals surface area contributed by atoms with Crippen LogP contribution in [0, 0.1) is 5.82 Å². The summed E-state index contributed by atoms with van der Waals surface area (Å²) in [5, 5.41) is 4.59. The zero-order valence-electron chi connectivity index (χ0n) is 12.5. The van der Waals surface area contributed by atoms with Crippen LogP contribution in [0.4, 0.5) is 4.39 Å². The molecule has 0 radical (unpaired) electrons. The number of nitrogens with one attached hydrogen (secondary N) is 1. The van der Waals surface area contributed by atoms with Gasteiger partial charge in [0.2, 0.25) is 5.91 Å². The number of thiophene rings is 1. The maximum atomic E-state index is 13.6. The number of rotatable bonds is 4. The van der Waals surface area contributed by atoms with Crippen molar-refractivity contribution in [2.75, 3.05) is 6.54 Å². The molecular formula is C17H17FN2O2S. The minimum atomic E-state index is -0.476. The van der Waals surface area contributed by atoms with Crippen molar-refractivity contribution in [3.8, 4) is 0 Å². The summed E-state index contributed by atoms with van der Waals surface area (Å²) in [5.74, 6) is -0.676.